The number of unbranched alkanes of at least 4 members (excludes halogenated alkanes) is 1. The minimum atomic E-state index is 0.619. The fraction of sp³-hybridized carbons (Fsp3) is 0.500. The van der Waals surface area contributed by atoms with Crippen LogP contribution in [0, 0.1) is 0 Å². The smallest absolute Gasteiger partial charge is 0.123 e. The van der Waals surface area contributed by atoms with E-state index in [4.69, 9.17) is 5.73 Å². The van der Waals surface area contributed by atoms with Crippen molar-refractivity contribution in [3.63, 3.8) is 0 Å². The molecule has 2 nitrogen and oxygen atoms in total. The Morgan fingerprint density at radius 1 is 1.54 bits per heavy atom. The van der Waals surface area contributed by atoms with Crippen LogP contribution in [0.1, 0.15) is 25.3 Å². The molecule has 1 aromatic rings. The summed E-state index contributed by atoms with van der Waals surface area (Å²) >= 11 is 1.96. The standard InChI is InChI=1S/C10H16N2S/c1-2-3-6-13-8-9-4-5-12-10(11)7-9/h4-5,7H,2-3,6,8H2,1H3,(H2,11,12). The highest BCUT2D eigenvalue weighted by Gasteiger charge is 1.94. The van der Waals surface area contributed by atoms with Crippen LogP contribution >= 0.6 is 11.8 Å². The van der Waals surface area contributed by atoms with Crippen LogP contribution in [-0.4, -0.2) is 10.7 Å². The lowest BCUT2D eigenvalue weighted by Crippen LogP contribution is -1.91. The summed E-state index contributed by atoms with van der Waals surface area (Å²) in [7, 11) is 0. The fourth-order valence-corrected chi connectivity index (χ4v) is 2.07. The van der Waals surface area contributed by atoms with Gasteiger partial charge in [0.15, 0.2) is 0 Å². The van der Waals surface area contributed by atoms with Crippen LogP contribution in [0.2, 0.25) is 0 Å². The Morgan fingerprint density at radius 3 is 3.08 bits per heavy atom. The van der Waals surface area contributed by atoms with Crippen molar-refractivity contribution in [2.75, 3.05) is 11.5 Å². The molecular weight excluding hydrogens is 180 g/mol. The Hall–Kier alpha value is -0.700. The zero-order valence-electron chi connectivity index (χ0n) is 7.99. The number of rotatable bonds is 5. The predicted molar refractivity (Wildman–Crippen MR) is 59.7 cm³/mol. The van der Waals surface area contributed by atoms with Gasteiger partial charge in [0.05, 0.1) is 0 Å². The average molecular weight is 196 g/mol. The van der Waals surface area contributed by atoms with Crippen LogP contribution < -0.4 is 5.73 Å². The molecule has 3 heteroatoms. The van der Waals surface area contributed by atoms with Crippen molar-refractivity contribution < 1.29 is 0 Å². The lowest BCUT2D eigenvalue weighted by Gasteiger charge is -2.01. The third kappa shape index (κ3) is 4.18. The first-order valence-electron chi connectivity index (χ1n) is 4.61. The maximum atomic E-state index is 5.57. The highest BCUT2D eigenvalue weighted by molar-refractivity contribution is 7.98. The first-order chi connectivity index (χ1) is 6.33. The third-order valence-corrected chi connectivity index (χ3v) is 2.87. The van der Waals surface area contributed by atoms with E-state index < -0.39 is 0 Å². The third-order valence-electron chi connectivity index (χ3n) is 1.76. The molecule has 0 aliphatic rings. The van der Waals surface area contributed by atoms with Gasteiger partial charge in [0, 0.05) is 11.9 Å². The van der Waals surface area contributed by atoms with E-state index in [-0.39, 0.29) is 0 Å². The molecule has 0 aliphatic carbocycles. The highest BCUT2D eigenvalue weighted by Crippen LogP contribution is 2.14. The van der Waals surface area contributed by atoms with Crippen molar-refractivity contribution in [2.45, 2.75) is 25.5 Å². The van der Waals surface area contributed by atoms with Crippen LogP contribution in [0.15, 0.2) is 18.3 Å². The molecule has 2 N–H and O–H groups in total. The number of hydrogen-bond acceptors (Lipinski definition) is 3. The van der Waals surface area contributed by atoms with Gasteiger partial charge in [0.25, 0.3) is 0 Å². The van der Waals surface area contributed by atoms with E-state index in [0.29, 0.717) is 5.82 Å². The maximum absolute atomic E-state index is 5.57. The Bertz CT molecular complexity index is 250. The van der Waals surface area contributed by atoms with E-state index >= 15 is 0 Å². The van der Waals surface area contributed by atoms with Gasteiger partial charge in [-0.1, -0.05) is 13.3 Å². The lowest BCUT2D eigenvalue weighted by atomic mass is 10.3. The van der Waals surface area contributed by atoms with E-state index in [2.05, 4.69) is 11.9 Å². The van der Waals surface area contributed by atoms with Crippen LogP contribution in [0.3, 0.4) is 0 Å². The van der Waals surface area contributed by atoms with Crippen molar-refractivity contribution in [1.29, 1.82) is 0 Å². The highest BCUT2D eigenvalue weighted by atomic mass is 32.2. The number of aromatic nitrogens is 1. The molecule has 0 radical (unpaired) electrons. The monoisotopic (exact) mass is 196 g/mol. The largest absolute Gasteiger partial charge is 0.384 e. The second kappa shape index (κ2) is 5.86. The van der Waals surface area contributed by atoms with Crippen LogP contribution in [0.25, 0.3) is 0 Å². The van der Waals surface area contributed by atoms with Crippen molar-refractivity contribution in [3.8, 4) is 0 Å². The second-order valence-corrected chi connectivity index (χ2v) is 4.10. The number of nitrogens with two attached hydrogens (primary N) is 1. The maximum Gasteiger partial charge on any atom is 0.123 e. The summed E-state index contributed by atoms with van der Waals surface area (Å²) in [4.78, 5) is 3.95. The van der Waals surface area contributed by atoms with Gasteiger partial charge in [-0.15, -0.1) is 0 Å². The molecule has 0 bridgehead atoms. The van der Waals surface area contributed by atoms with E-state index in [1.807, 2.05) is 23.9 Å². The zero-order chi connectivity index (χ0) is 9.52. The molecule has 0 atom stereocenters. The normalized spacial score (nSPS) is 10.2. The molecule has 0 saturated carbocycles. The summed E-state index contributed by atoms with van der Waals surface area (Å²) in [6.45, 7) is 2.21. The number of anilines is 1. The molecule has 72 valence electrons. The second-order valence-electron chi connectivity index (χ2n) is 3.00. The van der Waals surface area contributed by atoms with E-state index in [1.165, 1.54) is 24.2 Å². The lowest BCUT2D eigenvalue weighted by molar-refractivity contribution is 0.896. The topological polar surface area (TPSA) is 38.9 Å². The molecule has 0 fully saturated rings. The van der Waals surface area contributed by atoms with Crippen molar-refractivity contribution >= 4 is 17.6 Å². The zero-order valence-corrected chi connectivity index (χ0v) is 8.81. The molecule has 0 saturated heterocycles. The minimum Gasteiger partial charge on any atom is -0.384 e. The van der Waals surface area contributed by atoms with Crippen molar-refractivity contribution in [1.82, 2.24) is 4.98 Å². The number of hydrogen-bond donors (Lipinski definition) is 1. The number of nitrogens with zero attached hydrogens (tertiary/aromatic N) is 1. The summed E-state index contributed by atoms with van der Waals surface area (Å²) in [5, 5.41) is 0. The fourth-order valence-electron chi connectivity index (χ4n) is 1.02. The van der Waals surface area contributed by atoms with E-state index in [9.17, 15) is 0 Å². The number of pyridine rings is 1. The first-order valence-corrected chi connectivity index (χ1v) is 5.76. The van der Waals surface area contributed by atoms with Crippen molar-refractivity contribution in [3.05, 3.63) is 23.9 Å². The molecule has 13 heavy (non-hydrogen) atoms. The molecule has 1 aromatic heterocycles. The average Bonchev–Trinajstić information content (AvgIpc) is 2.13. The van der Waals surface area contributed by atoms with E-state index in [0.717, 1.165) is 5.75 Å². The van der Waals surface area contributed by atoms with Gasteiger partial charge in [-0.25, -0.2) is 4.98 Å². The SMILES string of the molecule is CCCCSCc1ccnc(N)c1. The quantitative estimate of drug-likeness (QED) is 0.736. The summed E-state index contributed by atoms with van der Waals surface area (Å²) in [6, 6.07) is 3.97. The van der Waals surface area contributed by atoms with Crippen LogP contribution in [0.4, 0.5) is 5.82 Å². The van der Waals surface area contributed by atoms with Gasteiger partial charge in [-0.05, 0) is 29.9 Å². The van der Waals surface area contributed by atoms with Gasteiger partial charge >= 0.3 is 0 Å². The van der Waals surface area contributed by atoms with E-state index in [1.54, 1.807) is 6.20 Å². The van der Waals surface area contributed by atoms with Gasteiger partial charge in [-0.2, -0.15) is 11.8 Å². The Kier molecular flexibility index (Phi) is 4.68. The van der Waals surface area contributed by atoms with Gasteiger partial charge in [-0.3, -0.25) is 0 Å². The van der Waals surface area contributed by atoms with Crippen LogP contribution in [0.5, 0.6) is 0 Å². The summed E-state index contributed by atoms with van der Waals surface area (Å²) < 4.78 is 0. The predicted octanol–water partition coefficient (Wildman–Crippen LogP) is 2.70. The molecule has 1 heterocycles. The molecular formula is C10H16N2S. The van der Waals surface area contributed by atoms with Gasteiger partial charge < -0.3 is 5.73 Å². The summed E-state index contributed by atoms with van der Waals surface area (Å²) in [5.41, 5.74) is 6.84. The Balaban J connectivity index is 2.28. The molecule has 0 aromatic carbocycles. The van der Waals surface area contributed by atoms with Crippen molar-refractivity contribution in [2.24, 2.45) is 0 Å². The minimum absolute atomic E-state index is 0.619. The molecule has 0 spiro atoms. The first kappa shape index (κ1) is 10.4. The Morgan fingerprint density at radius 2 is 2.38 bits per heavy atom. The number of nitrogen functional groups attached to an aromatic ring is 1. The van der Waals surface area contributed by atoms with Gasteiger partial charge in [0.2, 0.25) is 0 Å². The molecule has 1 rings (SSSR count). The summed E-state index contributed by atoms with van der Waals surface area (Å²) in [6.07, 6.45) is 4.34. The Labute approximate surface area is 83.9 Å². The number of thioether (sulfide) groups is 1. The molecule has 0 amide bonds. The molecule has 0 unspecified atom stereocenters. The van der Waals surface area contributed by atoms with Crippen LogP contribution in [-0.2, 0) is 5.75 Å². The van der Waals surface area contributed by atoms with Gasteiger partial charge in [0.1, 0.15) is 5.82 Å². The summed E-state index contributed by atoms with van der Waals surface area (Å²) in [5.74, 6) is 2.90. The molecule has 0 aliphatic heterocycles.